The van der Waals surface area contributed by atoms with Gasteiger partial charge in [-0.2, -0.15) is 0 Å². The molecule has 1 fully saturated rings. The summed E-state index contributed by atoms with van der Waals surface area (Å²) in [4.78, 5) is 2.56. The first-order valence-electron chi connectivity index (χ1n) is 7.57. The molecule has 1 aromatic carbocycles. The summed E-state index contributed by atoms with van der Waals surface area (Å²) in [6.07, 6.45) is 2.27. The fourth-order valence-corrected chi connectivity index (χ4v) is 3.56. The molecule has 21 heavy (non-hydrogen) atoms. The summed E-state index contributed by atoms with van der Waals surface area (Å²) < 4.78 is 11.9. The van der Waals surface area contributed by atoms with Gasteiger partial charge in [0.25, 0.3) is 0 Å². The van der Waals surface area contributed by atoms with Crippen molar-refractivity contribution in [3.63, 3.8) is 0 Å². The molecular weight excluding hydrogens is 332 g/mol. The molecule has 1 N–H and O–H groups in total. The van der Waals surface area contributed by atoms with Gasteiger partial charge in [-0.1, -0.05) is 22.9 Å². The van der Waals surface area contributed by atoms with E-state index in [0.29, 0.717) is 6.04 Å². The number of methoxy groups -OCH3 is 2. The van der Waals surface area contributed by atoms with Gasteiger partial charge in [-0.3, -0.25) is 4.90 Å². The lowest BCUT2D eigenvalue weighted by Gasteiger charge is -2.31. The van der Waals surface area contributed by atoms with Gasteiger partial charge in [0, 0.05) is 30.1 Å². The fraction of sp³-hybridized carbons (Fsp3) is 0.625. The van der Waals surface area contributed by atoms with E-state index < -0.39 is 0 Å². The number of hydrogen-bond acceptors (Lipinski definition) is 4. The van der Waals surface area contributed by atoms with Crippen molar-refractivity contribution in [2.24, 2.45) is 0 Å². The predicted molar refractivity (Wildman–Crippen MR) is 89.3 cm³/mol. The SMILES string of the molecule is CCC(c1cc(OC)c(OC)cc1Br)N1CCCNCC1. The molecule has 0 saturated carbocycles. The maximum Gasteiger partial charge on any atom is 0.161 e. The molecule has 1 aromatic rings. The van der Waals surface area contributed by atoms with E-state index in [9.17, 15) is 0 Å². The molecule has 1 aliphatic heterocycles. The first kappa shape index (κ1) is 16.6. The Balaban J connectivity index is 2.32. The molecule has 118 valence electrons. The van der Waals surface area contributed by atoms with Crippen molar-refractivity contribution in [3.05, 3.63) is 22.2 Å². The Morgan fingerprint density at radius 1 is 1.19 bits per heavy atom. The number of hydrogen-bond donors (Lipinski definition) is 1. The molecule has 1 aliphatic rings. The lowest BCUT2D eigenvalue weighted by Crippen LogP contribution is -2.32. The van der Waals surface area contributed by atoms with Crippen LogP contribution in [0.1, 0.15) is 31.4 Å². The second kappa shape index (κ2) is 8.01. The maximum atomic E-state index is 5.46. The Labute approximate surface area is 135 Å². The second-order valence-electron chi connectivity index (χ2n) is 5.29. The minimum absolute atomic E-state index is 0.402. The summed E-state index contributed by atoms with van der Waals surface area (Å²) in [7, 11) is 3.36. The van der Waals surface area contributed by atoms with E-state index in [2.05, 4.69) is 39.1 Å². The fourth-order valence-electron chi connectivity index (χ4n) is 2.98. The van der Waals surface area contributed by atoms with Gasteiger partial charge in [-0.25, -0.2) is 0 Å². The molecule has 4 nitrogen and oxygen atoms in total. The van der Waals surface area contributed by atoms with Gasteiger partial charge in [-0.05, 0) is 37.1 Å². The molecule has 2 rings (SSSR count). The number of rotatable bonds is 5. The summed E-state index contributed by atoms with van der Waals surface area (Å²) in [5, 5.41) is 3.46. The highest BCUT2D eigenvalue weighted by Gasteiger charge is 2.23. The monoisotopic (exact) mass is 356 g/mol. The van der Waals surface area contributed by atoms with Crippen molar-refractivity contribution < 1.29 is 9.47 Å². The third-order valence-corrected chi connectivity index (χ3v) is 4.75. The Morgan fingerprint density at radius 2 is 1.90 bits per heavy atom. The zero-order chi connectivity index (χ0) is 15.2. The van der Waals surface area contributed by atoms with Crippen LogP contribution >= 0.6 is 15.9 Å². The van der Waals surface area contributed by atoms with Gasteiger partial charge in [-0.15, -0.1) is 0 Å². The molecule has 0 spiro atoms. The number of nitrogens with zero attached hydrogens (tertiary/aromatic N) is 1. The lowest BCUT2D eigenvalue weighted by molar-refractivity contribution is 0.204. The number of benzene rings is 1. The van der Waals surface area contributed by atoms with Gasteiger partial charge in [0.15, 0.2) is 11.5 Å². The van der Waals surface area contributed by atoms with Gasteiger partial charge in [0.05, 0.1) is 14.2 Å². The third kappa shape index (κ3) is 3.90. The zero-order valence-electron chi connectivity index (χ0n) is 13.1. The van der Waals surface area contributed by atoms with E-state index in [1.165, 1.54) is 12.0 Å². The molecule has 1 saturated heterocycles. The van der Waals surface area contributed by atoms with Crippen LogP contribution in [0, 0.1) is 0 Å². The van der Waals surface area contributed by atoms with E-state index >= 15 is 0 Å². The highest BCUT2D eigenvalue weighted by Crippen LogP contribution is 2.38. The summed E-state index contributed by atoms with van der Waals surface area (Å²) in [5.74, 6) is 1.56. The highest BCUT2D eigenvalue weighted by molar-refractivity contribution is 9.10. The first-order chi connectivity index (χ1) is 10.2. The van der Waals surface area contributed by atoms with Crippen molar-refractivity contribution in [1.82, 2.24) is 10.2 Å². The highest BCUT2D eigenvalue weighted by atomic mass is 79.9. The topological polar surface area (TPSA) is 33.7 Å². The smallest absolute Gasteiger partial charge is 0.161 e. The Kier molecular flexibility index (Phi) is 6.33. The van der Waals surface area contributed by atoms with Crippen molar-refractivity contribution in [2.75, 3.05) is 40.4 Å². The summed E-state index contributed by atoms with van der Waals surface area (Å²) in [6, 6.07) is 4.52. The van der Waals surface area contributed by atoms with Crippen LogP contribution in [0.3, 0.4) is 0 Å². The van der Waals surface area contributed by atoms with E-state index in [-0.39, 0.29) is 0 Å². The van der Waals surface area contributed by atoms with Crippen molar-refractivity contribution in [1.29, 1.82) is 0 Å². The second-order valence-corrected chi connectivity index (χ2v) is 6.15. The van der Waals surface area contributed by atoms with Crippen molar-refractivity contribution >= 4 is 15.9 Å². The minimum Gasteiger partial charge on any atom is -0.493 e. The van der Waals surface area contributed by atoms with Gasteiger partial charge in [0.1, 0.15) is 0 Å². The Bertz CT molecular complexity index is 460. The van der Waals surface area contributed by atoms with E-state index in [4.69, 9.17) is 9.47 Å². The number of nitrogens with one attached hydrogen (secondary N) is 1. The first-order valence-corrected chi connectivity index (χ1v) is 8.36. The average Bonchev–Trinajstić information content (AvgIpc) is 2.78. The van der Waals surface area contributed by atoms with Crippen LogP contribution in [0.4, 0.5) is 0 Å². The van der Waals surface area contributed by atoms with Crippen LogP contribution < -0.4 is 14.8 Å². The summed E-state index contributed by atoms with van der Waals surface area (Å²) >= 11 is 3.70. The van der Waals surface area contributed by atoms with Crippen molar-refractivity contribution in [2.45, 2.75) is 25.8 Å². The van der Waals surface area contributed by atoms with Crippen molar-refractivity contribution in [3.8, 4) is 11.5 Å². The Morgan fingerprint density at radius 3 is 2.57 bits per heavy atom. The van der Waals surface area contributed by atoms with Crippen LogP contribution in [-0.4, -0.2) is 45.3 Å². The number of ether oxygens (including phenoxy) is 2. The van der Waals surface area contributed by atoms with Crippen LogP contribution in [0.25, 0.3) is 0 Å². The van der Waals surface area contributed by atoms with E-state index in [1.54, 1.807) is 14.2 Å². The Hall–Kier alpha value is -0.780. The van der Waals surface area contributed by atoms with Crippen LogP contribution in [0.2, 0.25) is 0 Å². The lowest BCUT2D eigenvalue weighted by atomic mass is 10.0. The molecule has 0 radical (unpaired) electrons. The van der Waals surface area contributed by atoms with Gasteiger partial charge < -0.3 is 14.8 Å². The van der Waals surface area contributed by atoms with Gasteiger partial charge in [0.2, 0.25) is 0 Å². The minimum atomic E-state index is 0.402. The van der Waals surface area contributed by atoms with Crippen LogP contribution in [0.5, 0.6) is 11.5 Å². The normalized spacial score (nSPS) is 18.1. The molecule has 0 aromatic heterocycles. The molecule has 0 aliphatic carbocycles. The zero-order valence-corrected chi connectivity index (χ0v) is 14.7. The molecule has 0 bridgehead atoms. The molecule has 0 amide bonds. The third-order valence-electron chi connectivity index (χ3n) is 4.06. The average molecular weight is 357 g/mol. The summed E-state index contributed by atoms with van der Waals surface area (Å²) in [6.45, 7) is 6.62. The standard InChI is InChI=1S/C16H25BrN2O2/c1-4-14(19-8-5-6-18-7-9-19)12-10-15(20-2)16(21-3)11-13(12)17/h10-11,14,18H,4-9H2,1-3H3. The molecule has 1 heterocycles. The molecule has 1 atom stereocenters. The molecular formula is C16H25BrN2O2. The maximum absolute atomic E-state index is 5.46. The quantitative estimate of drug-likeness (QED) is 0.878. The summed E-state index contributed by atoms with van der Waals surface area (Å²) in [5.41, 5.74) is 1.28. The van der Waals surface area contributed by atoms with Crippen LogP contribution in [-0.2, 0) is 0 Å². The predicted octanol–water partition coefficient (Wildman–Crippen LogP) is 3.21. The van der Waals surface area contributed by atoms with E-state index in [1.807, 2.05) is 6.07 Å². The molecule has 5 heteroatoms. The number of halogens is 1. The largest absolute Gasteiger partial charge is 0.493 e. The van der Waals surface area contributed by atoms with E-state index in [0.717, 1.165) is 48.6 Å². The van der Waals surface area contributed by atoms with Crippen LogP contribution in [0.15, 0.2) is 16.6 Å². The van der Waals surface area contributed by atoms with Gasteiger partial charge >= 0.3 is 0 Å². The molecule has 1 unspecified atom stereocenters.